The Kier molecular flexibility index (Phi) is 6.12. The van der Waals surface area contributed by atoms with E-state index in [4.69, 9.17) is 4.74 Å². The molecular weight excluding hydrogens is 396 g/mol. The molecule has 0 aliphatic carbocycles. The molecule has 0 unspecified atom stereocenters. The van der Waals surface area contributed by atoms with Crippen LogP contribution in [-0.4, -0.2) is 9.55 Å². The Bertz CT molecular complexity index is 1340. The Morgan fingerprint density at radius 2 is 1.81 bits per heavy atom. The van der Waals surface area contributed by atoms with Crippen molar-refractivity contribution in [2.75, 3.05) is 0 Å². The summed E-state index contributed by atoms with van der Waals surface area (Å²) in [5, 5.41) is 18.9. The van der Waals surface area contributed by atoms with Crippen LogP contribution < -0.4 is 0 Å². The Balaban J connectivity index is 1.76. The van der Waals surface area contributed by atoms with Crippen molar-refractivity contribution in [2.24, 2.45) is 7.05 Å². The van der Waals surface area contributed by atoms with Gasteiger partial charge in [0, 0.05) is 12.6 Å². The fourth-order valence-corrected chi connectivity index (χ4v) is 3.80. The molecule has 32 heavy (non-hydrogen) atoms. The molecule has 0 spiro atoms. The van der Waals surface area contributed by atoms with E-state index in [1.54, 1.807) is 18.6 Å². The number of imidazole rings is 1. The van der Waals surface area contributed by atoms with Crippen LogP contribution in [0.15, 0.2) is 79.3 Å². The Labute approximate surface area is 187 Å². The maximum absolute atomic E-state index is 9.71. The molecule has 0 radical (unpaired) electrons. The van der Waals surface area contributed by atoms with Crippen molar-refractivity contribution in [1.82, 2.24) is 9.55 Å². The van der Waals surface area contributed by atoms with Crippen LogP contribution in [0.1, 0.15) is 39.6 Å². The van der Waals surface area contributed by atoms with E-state index in [1.165, 1.54) is 0 Å². The molecule has 1 heterocycles. The average Bonchev–Trinajstić information content (AvgIpc) is 3.25. The van der Waals surface area contributed by atoms with Gasteiger partial charge >= 0.3 is 0 Å². The molecule has 5 heteroatoms. The summed E-state index contributed by atoms with van der Waals surface area (Å²) in [6, 6.07) is 25.7. The van der Waals surface area contributed by atoms with Crippen molar-refractivity contribution >= 4 is 0 Å². The number of ether oxygens (including phenoxy) is 1. The number of aromatic nitrogens is 2. The minimum Gasteiger partial charge on any atom is -0.363 e. The molecule has 0 fully saturated rings. The second-order valence-electron chi connectivity index (χ2n) is 7.66. The first kappa shape index (κ1) is 21.1. The summed E-state index contributed by atoms with van der Waals surface area (Å²) in [6.45, 7) is 2.38. The first-order valence-electron chi connectivity index (χ1n) is 10.3. The van der Waals surface area contributed by atoms with Crippen LogP contribution in [0, 0.1) is 29.6 Å². The third kappa shape index (κ3) is 4.30. The van der Waals surface area contributed by atoms with Gasteiger partial charge in [-0.3, -0.25) is 0 Å². The van der Waals surface area contributed by atoms with E-state index < -0.39 is 0 Å². The zero-order chi connectivity index (χ0) is 22.5. The van der Waals surface area contributed by atoms with Crippen molar-refractivity contribution in [1.29, 1.82) is 10.5 Å². The number of benzene rings is 3. The molecule has 5 nitrogen and oxygen atoms in total. The average molecular weight is 419 g/mol. The third-order valence-corrected chi connectivity index (χ3v) is 5.50. The van der Waals surface area contributed by atoms with Gasteiger partial charge in [-0.1, -0.05) is 42.5 Å². The molecule has 156 valence electrons. The van der Waals surface area contributed by atoms with E-state index in [2.05, 4.69) is 17.1 Å². The van der Waals surface area contributed by atoms with Gasteiger partial charge in [-0.2, -0.15) is 10.5 Å². The van der Waals surface area contributed by atoms with E-state index in [0.29, 0.717) is 17.7 Å². The van der Waals surface area contributed by atoms with Crippen molar-refractivity contribution in [2.45, 2.75) is 19.6 Å². The highest BCUT2D eigenvalue weighted by molar-refractivity contribution is 5.74. The summed E-state index contributed by atoms with van der Waals surface area (Å²) < 4.78 is 8.31. The highest BCUT2D eigenvalue weighted by Crippen LogP contribution is 2.33. The number of nitrogens with zero attached hydrogens (tertiary/aromatic N) is 4. The smallest absolute Gasteiger partial charge is 0.124 e. The van der Waals surface area contributed by atoms with E-state index >= 15 is 0 Å². The number of rotatable bonds is 6. The first-order chi connectivity index (χ1) is 15.6. The lowest BCUT2D eigenvalue weighted by Gasteiger charge is -2.21. The van der Waals surface area contributed by atoms with Gasteiger partial charge in [-0.25, -0.2) is 4.98 Å². The summed E-state index contributed by atoms with van der Waals surface area (Å²) in [4.78, 5) is 4.27. The highest BCUT2D eigenvalue weighted by atomic mass is 16.5. The molecule has 0 aliphatic rings. The standard InChI is InChI=1S/C27H22N4O/c1-19-6-3-4-9-24(19)25-13-22(10-11-23(25)15-29)27(26-16-30-18-31(26)2)32-17-21-8-5-7-20(12-21)14-28/h3-13,16,18,27H,17H2,1-2H3/t27-/m1/s1. The number of aryl methyl sites for hydroxylation is 2. The molecule has 4 rings (SSSR count). The predicted octanol–water partition coefficient (Wildman–Crippen LogP) is 5.45. The van der Waals surface area contributed by atoms with Crippen molar-refractivity contribution in [3.05, 3.63) is 113 Å². The summed E-state index contributed by atoms with van der Waals surface area (Å²) in [5.41, 5.74) is 6.99. The van der Waals surface area contributed by atoms with Crippen LogP contribution in [0.3, 0.4) is 0 Å². The lowest BCUT2D eigenvalue weighted by molar-refractivity contribution is 0.0622. The molecule has 3 aromatic carbocycles. The van der Waals surface area contributed by atoms with Crippen molar-refractivity contribution < 1.29 is 4.74 Å². The van der Waals surface area contributed by atoms with E-state index in [-0.39, 0.29) is 6.10 Å². The van der Waals surface area contributed by atoms with Gasteiger partial charge in [0.2, 0.25) is 0 Å². The maximum atomic E-state index is 9.71. The minimum atomic E-state index is -0.385. The quantitative estimate of drug-likeness (QED) is 0.418. The fourth-order valence-electron chi connectivity index (χ4n) is 3.80. The van der Waals surface area contributed by atoms with Crippen LogP contribution in [-0.2, 0) is 18.4 Å². The maximum Gasteiger partial charge on any atom is 0.124 e. The molecule has 1 atom stereocenters. The Morgan fingerprint density at radius 3 is 2.53 bits per heavy atom. The van der Waals surface area contributed by atoms with Crippen LogP contribution in [0.2, 0.25) is 0 Å². The zero-order valence-corrected chi connectivity index (χ0v) is 18.0. The minimum absolute atomic E-state index is 0.338. The van der Waals surface area contributed by atoms with Gasteiger partial charge < -0.3 is 9.30 Å². The van der Waals surface area contributed by atoms with Gasteiger partial charge in [0.1, 0.15) is 6.10 Å². The summed E-state index contributed by atoms with van der Waals surface area (Å²) in [6.07, 6.45) is 3.15. The van der Waals surface area contributed by atoms with Crippen LogP contribution in [0.5, 0.6) is 0 Å². The van der Waals surface area contributed by atoms with E-state index in [0.717, 1.165) is 33.5 Å². The molecule has 0 N–H and O–H groups in total. The molecular formula is C27H22N4O. The number of hydrogen-bond donors (Lipinski definition) is 0. The molecule has 0 bridgehead atoms. The molecule has 0 amide bonds. The summed E-state index contributed by atoms with van der Waals surface area (Å²) in [7, 11) is 1.93. The molecule has 0 saturated heterocycles. The molecule has 4 aromatic rings. The lowest BCUT2D eigenvalue weighted by atomic mass is 9.93. The van der Waals surface area contributed by atoms with Crippen LogP contribution >= 0.6 is 0 Å². The van der Waals surface area contributed by atoms with Gasteiger partial charge in [-0.05, 0) is 53.4 Å². The van der Waals surface area contributed by atoms with E-state index in [9.17, 15) is 10.5 Å². The molecule has 1 aromatic heterocycles. The molecule has 0 saturated carbocycles. The molecule has 0 aliphatic heterocycles. The monoisotopic (exact) mass is 418 g/mol. The van der Waals surface area contributed by atoms with Crippen molar-refractivity contribution in [3.63, 3.8) is 0 Å². The van der Waals surface area contributed by atoms with Gasteiger partial charge in [0.25, 0.3) is 0 Å². The summed E-state index contributed by atoms with van der Waals surface area (Å²) >= 11 is 0. The normalized spacial score (nSPS) is 11.5. The number of hydrogen-bond acceptors (Lipinski definition) is 4. The Morgan fingerprint density at radius 1 is 0.969 bits per heavy atom. The predicted molar refractivity (Wildman–Crippen MR) is 122 cm³/mol. The van der Waals surface area contributed by atoms with Crippen molar-refractivity contribution in [3.8, 4) is 23.3 Å². The lowest BCUT2D eigenvalue weighted by Crippen LogP contribution is -2.11. The summed E-state index contributed by atoms with van der Waals surface area (Å²) in [5.74, 6) is 0. The van der Waals surface area contributed by atoms with Crippen LogP contribution in [0.4, 0.5) is 0 Å². The van der Waals surface area contributed by atoms with Gasteiger partial charge in [0.15, 0.2) is 0 Å². The Hall–Kier alpha value is -4.19. The SMILES string of the molecule is Cc1ccccc1-c1cc([C@@H](OCc2cccc(C#N)c2)c2cncn2C)ccc1C#N. The largest absolute Gasteiger partial charge is 0.363 e. The van der Waals surface area contributed by atoms with Crippen LogP contribution in [0.25, 0.3) is 11.1 Å². The fraction of sp³-hybridized carbons (Fsp3) is 0.148. The third-order valence-electron chi connectivity index (χ3n) is 5.50. The highest BCUT2D eigenvalue weighted by Gasteiger charge is 2.21. The second-order valence-corrected chi connectivity index (χ2v) is 7.66. The number of nitriles is 2. The van der Waals surface area contributed by atoms with Gasteiger partial charge in [-0.15, -0.1) is 0 Å². The van der Waals surface area contributed by atoms with Gasteiger partial charge in [0.05, 0.1) is 48.1 Å². The zero-order valence-electron chi connectivity index (χ0n) is 18.0. The topological polar surface area (TPSA) is 74.6 Å². The van der Waals surface area contributed by atoms with E-state index in [1.807, 2.05) is 79.2 Å². The second kappa shape index (κ2) is 9.31. The first-order valence-corrected chi connectivity index (χ1v) is 10.3.